The van der Waals surface area contributed by atoms with Crippen LogP contribution in [0.15, 0.2) is 33.9 Å². The summed E-state index contributed by atoms with van der Waals surface area (Å²) >= 11 is 0. The van der Waals surface area contributed by atoms with Crippen molar-refractivity contribution in [3.05, 3.63) is 45.1 Å². The maximum atomic E-state index is 13.0. The van der Waals surface area contributed by atoms with E-state index < -0.39 is 5.69 Å². The number of benzene rings is 1. The lowest BCUT2D eigenvalue weighted by Crippen LogP contribution is -2.58. The number of carbonyl (C=O) groups is 1. The van der Waals surface area contributed by atoms with Crippen LogP contribution in [-0.4, -0.2) is 45.1 Å². The van der Waals surface area contributed by atoms with Gasteiger partial charge in [0.05, 0.1) is 10.9 Å². The molecule has 1 aromatic heterocycles. The van der Waals surface area contributed by atoms with Crippen molar-refractivity contribution in [3.8, 4) is 0 Å². The van der Waals surface area contributed by atoms with E-state index in [-0.39, 0.29) is 30.1 Å². The minimum absolute atomic E-state index is 0.0452. The Morgan fingerprint density at radius 2 is 1.65 bits per heavy atom. The van der Waals surface area contributed by atoms with Crippen LogP contribution in [0, 0.1) is 0 Å². The molecule has 0 radical (unpaired) electrons. The second kappa shape index (κ2) is 9.39. The van der Waals surface area contributed by atoms with Gasteiger partial charge in [-0.15, -0.1) is 0 Å². The minimum atomic E-state index is -0.426. The van der Waals surface area contributed by atoms with E-state index in [4.69, 9.17) is 0 Å². The summed E-state index contributed by atoms with van der Waals surface area (Å²) in [5, 5.41) is 3.62. The highest BCUT2D eigenvalue weighted by Crippen LogP contribution is 2.35. The first-order valence-electron chi connectivity index (χ1n) is 11.8. The third kappa shape index (κ3) is 4.33. The molecule has 1 aliphatic carbocycles. The zero-order valence-corrected chi connectivity index (χ0v) is 18.6. The molecule has 1 aliphatic heterocycles. The van der Waals surface area contributed by atoms with Gasteiger partial charge in [0, 0.05) is 18.6 Å². The number of hydrogen-bond donors (Lipinski definition) is 1. The molecule has 0 spiro atoms. The molecule has 1 saturated heterocycles. The van der Waals surface area contributed by atoms with E-state index in [2.05, 4.69) is 10.2 Å². The molecule has 31 heavy (non-hydrogen) atoms. The van der Waals surface area contributed by atoms with Crippen LogP contribution in [0.25, 0.3) is 10.9 Å². The topological polar surface area (TPSA) is 76.3 Å². The number of amides is 1. The molecule has 2 aromatic rings. The largest absolute Gasteiger partial charge is 0.353 e. The van der Waals surface area contributed by atoms with Crippen LogP contribution in [0.5, 0.6) is 0 Å². The first kappa shape index (κ1) is 21.8. The van der Waals surface area contributed by atoms with Gasteiger partial charge in [0.15, 0.2) is 0 Å². The van der Waals surface area contributed by atoms with E-state index in [1.807, 2.05) is 0 Å². The van der Waals surface area contributed by atoms with Crippen LogP contribution in [0.3, 0.4) is 0 Å². The molecular formula is C24H34N4O3. The molecule has 4 rings (SSSR count). The summed E-state index contributed by atoms with van der Waals surface area (Å²) in [6, 6.07) is 7.02. The van der Waals surface area contributed by atoms with Crippen LogP contribution in [-0.2, 0) is 17.9 Å². The lowest BCUT2D eigenvalue weighted by molar-refractivity contribution is -0.122. The first-order chi connectivity index (χ1) is 15.1. The van der Waals surface area contributed by atoms with Crippen LogP contribution < -0.4 is 16.6 Å². The number of likely N-dealkylation sites (tertiary alicyclic amines) is 1. The summed E-state index contributed by atoms with van der Waals surface area (Å²) in [6.45, 7) is 4.83. The fourth-order valence-electron chi connectivity index (χ4n) is 5.45. The lowest BCUT2D eigenvalue weighted by Gasteiger charge is -2.48. The van der Waals surface area contributed by atoms with Gasteiger partial charge in [0.1, 0.15) is 6.54 Å². The molecular weight excluding hydrogens is 392 g/mol. The number of aromatic nitrogens is 2. The number of fused-ring (bicyclic) bond motifs is 1. The highest BCUT2D eigenvalue weighted by Gasteiger charge is 2.38. The normalized spacial score (nSPS) is 19.4. The number of rotatable bonds is 6. The molecule has 7 heteroatoms. The Morgan fingerprint density at radius 1 is 0.968 bits per heavy atom. The number of carbonyl (C=O) groups excluding carboxylic acids is 1. The van der Waals surface area contributed by atoms with E-state index in [0.29, 0.717) is 17.4 Å². The summed E-state index contributed by atoms with van der Waals surface area (Å²) in [4.78, 5) is 41.1. The Kier molecular flexibility index (Phi) is 6.60. The summed E-state index contributed by atoms with van der Waals surface area (Å²) in [6.07, 6.45) is 9.68. The third-order valence-corrected chi connectivity index (χ3v) is 7.18. The molecule has 0 bridgehead atoms. The zero-order valence-electron chi connectivity index (χ0n) is 18.6. The molecule has 1 N–H and O–H groups in total. The van der Waals surface area contributed by atoms with Crippen LogP contribution in [0.4, 0.5) is 0 Å². The predicted octanol–water partition coefficient (Wildman–Crippen LogP) is 2.49. The zero-order chi connectivity index (χ0) is 21.8. The van der Waals surface area contributed by atoms with Gasteiger partial charge < -0.3 is 5.32 Å². The monoisotopic (exact) mass is 426 g/mol. The number of piperidine rings is 1. The molecule has 2 fully saturated rings. The second-order valence-corrected chi connectivity index (χ2v) is 9.04. The highest BCUT2D eigenvalue weighted by molar-refractivity contribution is 5.81. The Morgan fingerprint density at radius 3 is 2.35 bits per heavy atom. The average Bonchev–Trinajstić information content (AvgIpc) is 2.82. The molecule has 2 aliphatic rings. The number of nitrogens with zero attached hydrogens (tertiary/aromatic N) is 3. The summed E-state index contributed by atoms with van der Waals surface area (Å²) in [7, 11) is 0. The molecule has 1 saturated carbocycles. The number of nitrogens with one attached hydrogen (secondary N) is 1. The van der Waals surface area contributed by atoms with Crippen molar-refractivity contribution in [1.29, 1.82) is 0 Å². The maximum Gasteiger partial charge on any atom is 0.331 e. The predicted molar refractivity (Wildman–Crippen MR) is 122 cm³/mol. The Balaban J connectivity index is 1.55. The van der Waals surface area contributed by atoms with Gasteiger partial charge in [-0.3, -0.25) is 23.6 Å². The van der Waals surface area contributed by atoms with Crippen molar-refractivity contribution in [1.82, 2.24) is 19.4 Å². The van der Waals surface area contributed by atoms with E-state index in [9.17, 15) is 14.4 Å². The molecule has 1 aromatic carbocycles. The maximum absolute atomic E-state index is 13.0. The van der Waals surface area contributed by atoms with E-state index >= 15 is 0 Å². The molecule has 1 amide bonds. The van der Waals surface area contributed by atoms with Crippen LogP contribution in [0.1, 0.15) is 58.3 Å². The van der Waals surface area contributed by atoms with Crippen molar-refractivity contribution in [2.45, 2.75) is 76.9 Å². The fraction of sp³-hybridized carbons (Fsp3) is 0.625. The Bertz CT molecular complexity index is 1040. The van der Waals surface area contributed by atoms with E-state index in [1.165, 1.54) is 47.7 Å². The SMILES string of the molecule is CCn1c(=O)c2ccccc2n(CC(=O)NCC2(N3CCCCC3)CCCCC2)c1=O. The first-order valence-corrected chi connectivity index (χ1v) is 11.8. The van der Waals surface area contributed by atoms with E-state index in [0.717, 1.165) is 25.9 Å². The van der Waals surface area contributed by atoms with Gasteiger partial charge in [-0.1, -0.05) is 37.8 Å². The highest BCUT2D eigenvalue weighted by atomic mass is 16.2. The second-order valence-electron chi connectivity index (χ2n) is 9.04. The summed E-state index contributed by atoms with van der Waals surface area (Å²) in [5.41, 5.74) is -0.166. The smallest absolute Gasteiger partial charge is 0.331 e. The molecule has 7 nitrogen and oxygen atoms in total. The fourth-order valence-corrected chi connectivity index (χ4v) is 5.45. The van der Waals surface area contributed by atoms with Gasteiger partial charge in [-0.25, -0.2) is 4.79 Å². The van der Waals surface area contributed by atoms with E-state index in [1.54, 1.807) is 31.2 Å². The van der Waals surface area contributed by atoms with Gasteiger partial charge >= 0.3 is 5.69 Å². The van der Waals surface area contributed by atoms with Crippen molar-refractivity contribution in [2.24, 2.45) is 0 Å². The molecule has 0 unspecified atom stereocenters. The molecule has 0 atom stereocenters. The van der Waals surface area contributed by atoms with Crippen LogP contribution in [0.2, 0.25) is 0 Å². The lowest BCUT2D eigenvalue weighted by atomic mass is 9.79. The van der Waals surface area contributed by atoms with Gasteiger partial charge in [0.25, 0.3) is 5.56 Å². The summed E-state index contributed by atoms with van der Waals surface area (Å²) < 4.78 is 2.63. The van der Waals surface area contributed by atoms with Gasteiger partial charge in [0.2, 0.25) is 5.91 Å². The molecule has 168 valence electrons. The number of hydrogen-bond acceptors (Lipinski definition) is 4. The van der Waals surface area contributed by atoms with Crippen molar-refractivity contribution < 1.29 is 4.79 Å². The molecule has 2 heterocycles. The third-order valence-electron chi connectivity index (χ3n) is 7.18. The summed E-state index contributed by atoms with van der Waals surface area (Å²) in [5.74, 6) is -0.171. The van der Waals surface area contributed by atoms with Crippen molar-refractivity contribution in [2.75, 3.05) is 19.6 Å². The number of para-hydroxylation sites is 1. The average molecular weight is 427 g/mol. The Labute approximate surface area is 183 Å². The van der Waals surface area contributed by atoms with Crippen LogP contribution >= 0.6 is 0 Å². The Hall–Kier alpha value is -2.41. The quantitative estimate of drug-likeness (QED) is 0.770. The van der Waals surface area contributed by atoms with Gasteiger partial charge in [-0.2, -0.15) is 0 Å². The van der Waals surface area contributed by atoms with Crippen molar-refractivity contribution >= 4 is 16.8 Å². The van der Waals surface area contributed by atoms with Crippen molar-refractivity contribution in [3.63, 3.8) is 0 Å². The minimum Gasteiger partial charge on any atom is -0.353 e. The standard InChI is InChI=1S/C24H34N4O3/c1-2-27-22(30)19-11-5-6-12-20(19)28(23(27)31)17-21(29)25-18-24(13-7-3-8-14-24)26-15-9-4-10-16-26/h5-6,11-12H,2-4,7-10,13-18H2,1H3,(H,25,29). The van der Waals surface area contributed by atoms with Gasteiger partial charge in [-0.05, 0) is 57.8 Å².